The van der Waals surface area contributed by atoms with Crippen LogP contribution in [0.25, 0.3) is 0 Å². The van der Waals surface area contributed by atoms with Gasteiger partial charge < -0.3 is 20.2 Å². The Morgan fingerprint density at radius 1 is 1.35 bits per heavy atom. The lowest BCUT2D eigenvalue weighted by atomic mass is 10.1. The van der Waals surface area contributed by atoms with E-state index in [0.717, 1.165) is 0 Å². The number of carbonyl (C=O) groups is 2. The molecule has 1 amide bonds. The number of benzene rings is 1. The number of anilines is 1. The summed E-state index contributed by atoms with van der Waals surface area (Å²) < 4.78 is 9.65. The Bertz CT molecular complexity index is 620. The maximum Gasteiger partial charge on any atom is 0.337 e. The molecule has 1 heterocycles. The van der Waals surface area contributed by atoms with E-state index in [1.165, 1.54) is 19.4 Å². The smallest absolute Gasteiger partial charge is 0.337 e. The second kappa shape index (κ2) is 6.03. The van der Waals surface area contributed by atoms with Crippen LogP contribution in [0.1, 0.15) is 26.5 Å². The van der Waals surface area contributed by atoms with Crippen molar-refractivity contribution in [3.8, 4) is 0 Å². The van der Waals surface area contributed by atoms with E-state index in [-0.39, 0.29) is 12.3 Å². The molecule has 0 bridgehead atoms. The monoisotopic (exact) mass is 274 g/mol. The summed E-state index contributed by atoms with van der Waals surface area (Å²) in [5.41, 5.74) is 7.06. The highest BCUT2D eigenvalue weighted by molar-refractivity contribution is 6.03. The number of rotatable bonds is 4. The van der Waals surface area contributed by atoms with E-state index in [9.17, 15) is 9.59 Å². The molecule has 1 aromatic heterocycles. The summed E-state index contributed by atoms with van der Waals surface area (Å²) in [6.45, 7) is 0.245. The van der Waals surface area contributed by atoms with E-state index in [1.807, 2.05) is 0 Å². The zero-order valence-electron chi connectivity index (χ0n) is 10.9. The molecule has 0 atom stereocenters. The Kier molecular flexibility index (Phi) is 4.17. The average molecular weight is 274 g/mol. The normalized spacial score (nSPS) is 10.1. The van der Waals surface area contributed by atoms with Crippen molar-refractivity contribution in [2.75, 3.05) is 12.4 Å². The summed E-state index contributed by atoms with van der Waals surface area (Å²) in [4.78, 5) is 23.4. The predicted molar refractivity (Wildman–Crippen MR) is 72.3 cm³/mol. The summed E-state index contributed by atoms with van der Waals surface area (Å²) in [7, 11) is 1.29. The van der Waals surface area contributed by atoms with Crippen molar-refractivity contribution in [1.82, 2.24) is 0 Å². The Balaban J connectivity index is 2.27. The molecule has 0 aliphatic heterocycles. The number of hydrogen-bond acceptors (Lipinski definition) is 5. The number of amides is 1. The number of carbonyl (C=O) groups excluding carboxylic acids is 2. The number of furan rings is 1. The molecule has 104 valence electrons. The topological polar surface area (TPSA) is 94.6 Å². The van der Waals surface area contributed by atoms with Crippen molar-refractivity contribution in [2.45, 2.75) is 6.54 Å². The second-order valence-electron chi connectivity index (χ2n) is 4.05. The lowest BCUT2D eigenvalue weighted by Gasteiger charge is -2.08. The Morgan fingerprint density at radius 3 is 2.75 bits per heavy atom. The number of nitrogens with one attached hydrogen (secondary N) is 1. The van der Waals surface area contributed by atoms with Gasteiger partial charge >= 0.3 is 5.97 Å². The Morgan fingerprint density at radius 2 is 2.15 bits per heavy atom. The molecule has 0 aliphatic rings. The molecule has 0 fully saturated rings. The van der Waals surface area contributed by atoms with Crippen LogP contribution in [0.15, 0.2) is 41.0 Å². The van der Waals surface area contributed by atoms with Crippen LogP contribution in [0.5, 0.6) is 0 Å². The fourth-order valence-corrected chi connectivity index (χ4v) is 1.72. The van der Waals surface area contributed by atoms with Gasteiger partial charge in [0.2, 0.25) is 0 Å². The standard InChI is InChI=1S/C14H14N2O4/c1-19-14(18)10-5-9(8-15)6-11(7-10)16-13(17)12-3-2-4-20-12/h2-7H,8,15H2,1H3,(H,16,17). The van der Waals surface area contributed by atoms with Crippen LogP contribution in [-0.2, 0) is 11.3 Å². The van der Waals surface area contributed by atoms with Gasteiger partial charge in [-0.05, 0) is 35.9 Å². The maximum absolute atomic E-state index is 11.9. The summed E-state index contributed by atoms with van der Waals surface area (Å²) >= 11 is 0. The molecule has 6 nitrogen and oxygen atoms in total. The van der Waals surface area contributed by atoms with E-state index in [0.29, 0.717) is 16.8 Å². The lowest BCUT2D eigenvalue weighted by Crippen LogP contribution is -2.13. The van der Waals surface area contributed by atoms with Gasteiger partial charge in [-0.2, -0.15) is 0 Å². The molecule has 0 aliphatic carbocycles. The SMILES string of the molecule is COC(=O)c1cc(CN)cc(NC(=O)c2ccco2)c1. The molecule has 0 spiro atoms. The molecule has 0 unspecified atom stereocenters. The van der Waals surface area contributed by atoms with Gasteiger partial charge in [-0.3, -0.25) is 4.79 Å². The first kappa shape index (κ1) is 13.8. The van der Waals surface area contributed by atoms with Crippen molar-refractivity contribution in [3.05, 3.63) is 53.5 Å². The van der Waals surface area contributed by atoms with Crippen molar-refractivity contribution in [1.29, 1.82) is 0 Å². The summed E-state index contributed by atoms with van der Waals surface area (Å²) in [6.07, 6.45) is 1.41. The highest BCUT2D eigenvalue weighted by atomic mass is 16.5. The minimum atomic E-state index is -0.492. The maximum atomic E-state index is 11.9. The van der Waals surface area contributed by atoms with Crippen LogP contribution in [-0.4, -0.2) is 19.0 Å². The highest BCUT2D eigenvalue weighted by Crippen LogP contribution is 2.17. The number of methoxy groups -OCH3 is 1. The average Bonchev–Trinajstić information content (AvgIpc) is 3.00. The van der Waals surface area contributed by atoms with Gasteiger partial charge in [-0.1, -0.05) is 0 Å². The molecule has 1 aromatic carbocycles. The van der Waals surface area contributed by atoms with Gasteiger partial charge in [0.05, 0.1) is 18.9 Å². The molecule has 2 aromatic rings. The predicted octanol–water partition coefficient (Wildman–Crippen LogP) is 1.78. The van der Waals surface area contributed by atoms with Crippen LogP contribution in [0.4, 0.5) is 5.69 Å². The van der Waals surface area contributed by atoms with Crippen molar-refractivity contribution in [2.24, 2.45) is 5.73 Å². The third kappa shape index (κ3) is 3.04. The molecule has 6 heteroatoms. The molecule has 3 N–H and O–H groups in total. The van der Waals surface area contributed by atoms with Gasteiger partial charge in [-0.25, -0.2) is 4.79 Å². The van der Waals surface area contributed by atoms with E-state index in [1.54, 1.807) is 24.3 Å². The van der Waals surface area contributed by atoms with Gasteiger partial charge in [0.15, 0.2) is 5.76 Å². The Hall–Kier alpha value is -2.60. The zero-order chi connectivity index (χ0) is 14.5. The van der Waals surface area contributed by atoms with Gasteiger partial charge in [-0.15, -0.1) is 0 Å². The fourth-order valence-electron chi connectivity index (χ4n) is 1.72. The minimum Gasteiger partial charge on any atom is -0.465 e. The Labute approximate surface area is 115 Å². The first-order valence-corrected chi connectivity index (χ1v) is 5.91. The van der Waals surface area contributed by atoms with E-state index < -0.39 is 11.9 Å². The highest BCUT2D eigenvalue weighted by Gasteiger charge is 2.12. The summed E-state index contributed by atoms with van der Waals surface area (Å²) in [5.74, 6) is -0.712. The van der Waals surface area contributed by atoms with E-state index >= 15 is 0 Å². The van der Waals surface area contributed by atoms with Crippen LogP contribution < -0.4 is 11.1 Å². The molecule has 0 radical (unpaired) electrons. The third-order valence-electron chi connectivity index (χ3n) is 2.65. The van der Waals surface area contributed by atoms with Crippen molar-refractivity contribution >= 4 is 17.6 Å². The third-order valence-corrected chi connectivity index (χ3v) is 2.65. The van der Waals surface area contributed by atoms with Gasteiger partial charge in [0, 0.05) is 12.2 Å². The molecule has 0 saturated carbocycles. The number of esters is 1. The minimum absolute atomic E-state index is 0.183. The first-order valence-electron chi connectivity index (χ1n) is 5.91. The number of ether oxygens (including phenoxy) is 1. The first-order chi connectivity index (χ1) is 9.63. The number of hydrogen-bond donors (Lipinski definition) is 2. The van der Waals surface area contributed by atoms with Gasteiger partial charge in [0.25, 0.3) is 5.91 Å². The summed E-state index contributed by atoms with van der Waals surface area (Å²) in [5, 5.41) is 2.64. The van der Waals surface area contributed by atoms with Crippen molar-refractivity contribution < 1.29 is 18.7 Å². The molecule has 2 rings (SSSR count). The lowest BCUT2D eigenvalue weighted by molar-refractivity contribution is 0.0600. The van der Waals surface area contributed by atoms with Crippen LogP contribution >= 0.6 is 0 Å². The number of nitrogens with two attached hydrogens (primary N) is 1. The van der Waals surface area contributed by atoms with Crippen molar-refractivity contribution in [3.63, 3.8) is 0 Å². The van der Waals surface area contributed by atoms with E-state index in [2.05, 4.69) is 10.1 Å². The molecule has 0 saturated heterocycles. The van der Waals surface area contributed by atoms with Crippen LogP contribution in [0, 0.1) is 0 Å². The largest absolute Gasteiger partial charge is 0.465 e. The van der Waals surface area contributed by atoms with Gasteiger partial charge in [0.1, 0.15) is 0 Å². The molecule has 20 heavy (non-hydrogen) atoms. The van der Waals surface area contributed by atoms with Crippen LogP contribution in [0.3, 0.4) is 0 Å². The second-order valence-corrected chi connectivity index (χ2v) is 4.05. The molecular weight excluding hydrogens is 260 g/mol. The van der Waals surface area contributed by atoms with Crippen LogP contribution in [0.2, 0.25) is 0 Å². The fraction of sp³-hybridized carbons (Fsp3) is 0.143. The summed E-state index contributed by atoms with van der Waals surface area (Å²) in [6, 6.07) is 7.99. The molecular formula is C14H14N2O4. The zero-order valence-corrected chi connectivity index (χ0v) is 10.9. The van der Waals surface area contributed by atoms with E-state index in [4.69, 9.17) is 10.2 Å². The quantitative estimate of drug-likeness (QED) is 0.829.